The van der Waals surface area contributed by atoms with E-state index in [1.807, 2.05) is 4.90 Å². The van der Waals surface area contributed by atoms with E-state index in [-0.39, 0.29) is 21.3 Å². The van der Waals surface area contributed by atoms with Gasteiger partial charge in [0.1, 0.15) is 33.5 Å². The second-order valence-electron chi connectivity index (χ2n) is 6.95. The highest BCUT2D eigenvalue weighted by molar-refractivity contribution is 7.19. The summed E-state index contributed by atoms with van der Waals surface area (Å²) in [5, 5.41) is 6.90. The van der Waals surface area contributed by atoms with Crippen molar-refractivity contribution in [1.82, 2.24) is 14.8 Å². The molecule has 1 fully saturated rings. The Kier molecular flexibility index (Phi) is 5.37. The van der Waals surface area contributed by atoms with Gasteiger partial charge in [-0.3, -0.25) is 9.48 Å². The van der Waals surface area contributed by atoms with Crippen LogP contribution in [0.15, 0.2) is 24.4 Å². The highest BCUT2D eigenvalue weighted by Crippen LogP contribution is 2.34. The minimum absolute atomic E-state index is 0.0234. The number of aryl methyl sites for hydroxylation is 1. The predicted octanol–water partition coefficient (Wildman–Crippen LogP) is 3.59. The topological polar surface area (TPSA) is 89.1 Å². The number of halogens is 3. The Morgan fingerprint density at radius 3 is 2.60 bits per heavy atom. The summed E-state index contributed by atoms with van der Waals surface area (Å²) < 4.78 is 43.2. The number of carbonyl (C=O) groups excluding carboxylic acids is 1. The lowest BCUT2D eigenvalue weighted by atomic mass is 10.1. The summed E-state index contributed by atoms with van der Waals surface area (Å²) in [6.07, 6.45) is 1.44. The molecular weight excluding hydrogens is 417 g/mol. The van der Waals surface area contributed by atoms with E-state index in [1.165, 1.54) is 12.3 Å². The Morgan fingerprint density at radius 1 is 1.27 bits per heavy atom. The largest absolute Gasteiger partial charge is 0.389 e. The minimum Gasteiger partial charge on any atom is -0.389 e. The van der Waals surface area contributed by atoms with Crippen molar-refractivity contribution in [3.63, 3.8) is 0 Å². The van der Waals surface area contributed by atoms with Crippen LogP contribution in [0.1, 0.15) is 23.3 Å². The van der Waals surface area contributed by atoms with Crippen LogP contribution < -0.4 is 16.0 Å². The molecule has 1 aliphatic rings. The smallest absolute Gasteiger partial charge is 0.277 e. The lowest BCUT2D eigenvalue weighted by Gasteiger charge is -2.31. The van der Waals surface area contributed by atoms with Crippen molar-refractivity contribution >= 4 is 33.8 Å². The van der Waals surface area contributed by atoms with Gasteiger partial charge in [0.15, 0.2) is 11.5 Å². The third-order valence-electron chi connectivity index (χ3n) is 4.92. The Hall–Kier alpha value is -3.08. The van der Waals surface area contributed by atoms with Gasteiger partial charge >= 0.3 is 0 Å². The maximum Gasteiger partial charge on any atom is 0.277 e. The fraction of sp³-hybridized carbons (Fsp3) is 0.316. The van der Waals surface area contributed by atoms with Crippen LogP contribution in [0.25, 0.3) is 10.6 Å². The molecule has 1 aromatic carbocycles. The molecule has 30 heavy (non-hydrogen) atoms. The number of hydrogen-bond acceptors (Lipinski definition) is 6. The molecule has 0 spiro atoms. The van der Waals surface area contributed by atoms with Gasteiger partial charge in [0.25, 0.3) is 5.91 Å². The molecule has 1 saturated heterocycles. The average Bonchev–Trinajstić information content (AvgIpc) is 3.25. The molecule has 158 valence electrons. The molecule has 7 nitrogen and oxygen atoms in total. The highest BCUT2D eigenvalue weighted by Gasteiger charge is 2.26. The van der Waals surface area contributed by atoms with Crippen molar-refractivity contribution in [3.8, 4) is 10.6 Å². The van der Waals surface area contributed by atoms with Crippen LogP contribution in [-0.4, -0.2) is 39.9 Å². The van der Waals surface area contributed by atoms with Gasteiger partial charge in [0.05, 0.1) is 11.8 Å². The van der Waals surface area contributed by atoms with Crippen LogP contribution in [0.4, 0.5) is 29.7 Å². The molecule has 0 bridgehead atoms. The summed E-state index contributed by atoms with van der Waals surface area (Å²) in [5.41, 5.74) is 5.88. The van der Waals surface area contributed by atoms with Gasteiger partial charge in [-0.25, -0.2) is 18.2 Å². The first kappa shape index (κ1) is 20.2. The molecule has 3 heterocycles. The Morgan fingerprint density at radius 2 is 1.93 bits per heavy atom. The standard InChI is InChI=1S/C19H19F3N6OS/c1-27-19(28-7-5-10(20)6-8-28)13(9-24-27)25-17(29)15-16(23)30-18(26-15)14-11(21)3-2-4-12(14)22/h2-4,9-10H,5-8,23H2,1H3,(H,25,29). The van der Waals surface area contributed by atoms with Crippen molar-refractivity contribution in [2.45, 2.75) is 19.0 Å². The van der Waals surface area contributed by atoms with Crippen molar-refractivity contribution in [2.24, 2.45) is 7.05 Å². The van der Waals surface area contributed by atoms with Crippen LogP contribution >= 0.6 is 11.3 Å². The van der Waals surface area contributed by atoms with Gasteiger partial charge in [0, 0.05) is 20.1 Å². The maximum absolute atomic E-state index is 14.1. The van der Waals surface area contributed by atoms with Crippen LogP contribution in [0, 0.1) is 11.6 Å². The normalized spacial score (nSPS) is 14.9. The van der Waals surface area contributed by atoms with E-state index in [9.17, 15) is 18.0 Å². The molecule has 1 aliphatic heterocycles. The third kappa shape index (κ3) is 3.72. The highest BCUT2D eigenvalue weighted by atomic mass is 32.1. The molecule has 3 aromatic rings. The molecule has 0 atom stereocenters. The van der Waals surface area contributed by atoms with Gasteiger partial charge in [-0.2, -0.15) is 5.10 Å². The van der Waals surface area contributed by atoms with E-state index in [1.54, 1.807) is 11.7 Å². The average molecular weight is 436 g/mol. The molecule has 3 N–H and O–H groups in total. The first-order valence-corrected chi connectivity index (χ1v) is 10.1. The molecule has 2 aromatic heterocycles. The summed E-state index contributed by atoms with van der Waals surface area (Å²) in [6, 6.07) is 3.46. The number of hydrogen-bond donors (Lipinski definition) is 2. The van der Waals surface area contributed by atoms with E-state index in [2.05, 4.69) is 15.4 Å². The van der Waals surface area contributed by atoms with Crippen molar-refractivity contribution < 1.29 is 18.0 Å². The number of piperidine rings is 1. The molecule has 11 heteroatoms. The van der Waals surface area contributed by atoms with Crippen LogP contribution in [-0.2, 0) is 7.05 Å². The number of anilines is 3. The Labute approximate surface area is 174 Å². The van der Waals surface area contributed by atoms with Gasteiger partial charge in [-0.1, -0.05) is 17.4 Å². The second-order valence-corrected chi connectivity index (χ2v) is 7.98. The fourth-order valence-electron chi connectivity index (χ4n) is 3.44. The van der Waals surface area contributed by atoms with E-state index in [0.29, 0.717) is 37.4 Å². The van der Waals surface area contributed by atoms with E-state index >= 15 is 0 Å². The summed E-state index contributed by atoms with van der Waals surface area (Å²) in [4.78, 5) is 18.8. The molecule has 4 rings (SSSR count). The maximum atomic E-state index is 14.1. The number of alkyl halides is 1. The first-order valence-electron chi connectivity index (χ1n) is 9.28. The molecular formula is C19H19F3N6OS. The Balaban J connectivity index is 1.60. The molecule has 0 saturated carbocycles. The number of nitrogens with one attached hydrogen (secondary N) is 1. The second kappa shape index (κ2) is 7.98. The zero-order valence-electron chi connectivity index (χ0n) is 16.0. The Bertz CT molecular complexity index is 1070. The van der Waals surface area contributed by atoms with Gasteiger partial charge in [-0.15, -0.1) is 0 Å². The van der Waals surface area contributed by atoms with Crippen LogP contribution in [0.3, 0.4) is 0 Å². The first-order chi connectivity index (χ1) is 14.3. The number of rotatable bonds is 4. The van der Waals surface area contributed by atoms with E-state index < -0.39 is 23.7 Å². The molecule has 0 aliphatic carbocycles. The number of nitrogen functional groups attached to an aromatic ring is 1. The summed E-state index contributed by atoms with van der Waals surface area (Å²) in [7, 11) is 1.72. The van der Waals surface area contributed by atoms with Crippen molar-refractivity contribution in [3.05, 3.63) is 41.7 Å². The molecule has 0 radical (unpaired) electrons. The predicted molar refractivity (Wildman–Crippen MR) is 109 cm³/mol. The fourth-order valence-corrected chi connectivity index (χ4v) is 4.32. The van der Waals surface area contributed by atoms with Gasteiger partial charge in [-0.05, 0) is 25.0 Å². The number of amides is 1. The number of carbonyl (C=O) groups is 1. The van der Waals surface area contributed by atoms with Crippen molar-refractivity contribution in [2.75, 3.05) is 29.0 Å². The monoisotopic (exact) mass is 436 g/mol. The minimum atomic E-state index is -0.834. The number of benzene rings is 1. The zero-order chi connectivity index (χ0) is 21.4. The van der Waals surface area contributed by atoms with E-state index in [4.69, 9.17) is 5.73 Å². The number of nitrogens with two attached hydrogens (primary N) is 1. The molecule has 1 amide bonds. The number of nitrogens with zero attached hydrogens (tertiary/aromatic N) is 4. The van der Waals surface area contributed by atoms with Gasteiger partial charge < -0.3 is 16.0 Å². The number of thiazole rings is 1. The van der Waals surface area contributed by atoms with E-state index in [0.717, 1.165) is 23.5 Å². The lowest BCUT2D eigenvalue weighted by Crippen LogP contribution is -2.36. The van der Waals surface area contributed by atoms with Gasteiger partial charge in [0.2, 0.25) is 0 Å². The zero-order valence-corrected chi connectivity index (χ0v) is 16.8. The van der Waals surface area contributed by atoms with Crippen LogP contribution in [0.5, 0.6) is 0 Å². The summed E-state index contributed by atoms with van der Waals surface area (Å²) in [6.45, 7) is 0.998. The molecule has 0 unspecified atom stereocenters. The SMILES string of the molecule is Cn1ncc(NC(=O)c2nc(-c3c(F)cccc3F)sc2N)c1N1CCC(F)CC1. The quantitative estimate of drug-likeness (QED) is 0.653. The third-order valence-corrected chi connectivity index (χ3v) is 5.83. The lowest BCUT2D eigenvalue weighted by molar-refractivity contribution is 0.102. The summed E-state index contributed by atoms with van der Waals surface area (Å²) in [5.74, 6) is -1.56. The van der Waals surface area contributed by atoms with Crippen LogP contribution in [0.2, 0.25) is 0 Å². The summed E-state index contributed by atoms with van der Waals surface area (Å²) >= 11 is 0.825. The number of aromatic nitrogens is 3. The van der Waals surface area contributed by atoms with Crippen molar-refractivity contribution in [1.29, 1.82) is 0 Å².